The summed E-state index contributed by atoms with van der Waals surface area (Å²) in [4.78, 5) is 0. The first-order chi connectivity index (χ1) is 8.50. The van der Waals surface area contributed by atoms with Crippen LogP contribution >= 0.6 is 0 Å². The first-order valence-corrected chi connectivity index (χ1v) is 7.59. The van der Waals surface area contributed by atoms with Crippen LogP contribution < -0.4 is 11.1 Å². The highest BCUT2D eigenvalue weighted by Crippen LogP contribution is 2.23. The quantitative estimate of drug-likeness (QED) is 0.781. The lowest BCUT2D eigenvalue weighted by Gasteiger charge is -2.24. The van der Waals surface area contributed by atoms with E-state index < -0.39 is 9.84 Å². The molecule has 1 aromatic carbocycles. The Labute approximate surface area is 107 Å². The van der Waals surface area contributed by atoms with Crippen molar-refractivity contribution in [1.82, 2.24) is 0 Å². The molecule has 0 aliphatic carbocycles. The summed E-state index contributed by atoms with van der Waals surface area (Å²) in [7, 11) is -2.93. The van der Waals surface area contributed by atoms with Gasteiger partial charge >= 0.3 is 0 Å². The van der Waals surface area contributed by atoms with Crippen molar-refractivity contribution in [2.24, 2.45) is 0 Å². The van der Waals surface area contributed by atoms with Gasteiger partial charge < -0.3 is 11.1 Å². The van der Waals surface area contributed by atoms with Crippen LogP contribution in [0.1, 0.15) is 18.4 Å². The highest BCUT2D eigenvalue weighted by Gasteiger charge is 2.24. The second kappa shape index (κ2) is 4.86. The van der Waals surface area contributed by atoms with Crippen LogP contribution in [-0.2, 0) is 9.84 Å². The standard InChI is InChI=1S/C12H15N3O2S/c13-7-9-3-4-12(11(14)6-9)15-10-2-1-5-18(16,17)8-10/h3-4,6,10,15H,1-2,5,8,14H2. The molecule has 1 atom stereocenters. The van der Waals surface area contributed by atoms with Crippen molar-refractivity contribution in [2.75, 3.05) is 22.6 Å². The Kier molecular flexibility index (Phi) is 3.43. The molecule has 1 aliphatic heterocycles. The van der Waals surface area contributed by atoms with Crippen LogP contribution in [0, 0.1) is 11.3 Å². The number of nitrogen functional groups attached to an aromatic ring is 1. The van der Waals surface area contributed by atoms with E-state index in [1.165, 1.54) is 0 Å². The van der Waals surface area contributed by atoms with Gasteiger partial charge in [0.15, 0.2) is 9.84 Å². The van der Waals surface area contributed by atoms with E-state index in [9.17, 15) is 8.42 Å². The smallest absolute Gasteiger partial charge is 0.152 e. The molecule has 0 bridgehead atoms. The summed E-state index contributed by atoms with van der Waals surface area (Å²) in [5, 5.41) is 11.9. The molecule has 3 N–H and O–H groups in total. The topological polar surface area (TPSA) is 96.0 Å². The summed E-state index contributed by atoms with van der Waals surface area (Å²) in [5.41, 5.74) is 7.47. The molecule has 18 heavy (non-hydrogen) atoms. The summed E-state index contributed by atoms with van der Waals surface area (Å²) in [6.07, 6.45) is 1.49. The van der Waals surface area contributed by atoms with Crippen LogP contribution in [0.4, 0.5) is 11.4 Å². The van der Waals surface area contributed by atoms with E-state index in [1.54, 1.807) is 18.2 Å². The molecular formula is C12H15N3O2S. The molecule has 96 valence electrons. The van der Waals surface area contributed by atoms with Crippen molar-refractivity contribution >= 4 is 21.2 Å². The molecule has 1 unspecified atom stereocenters. The lowest BCUT2D eigenvalue weighted by atomic mass is 10.1. The number of rotatable bonds is 2. The molecule has 1 heterocycles. The number of benzene rings is 1. The van der Waals surface area contributed by atoms with Gasteiger partial charge in [0, 0.05) is 6.04 Å². The van der Waals surface area contributed by atoms with Gasteiger partial charge in [0.1, 0.15) is 0 Å². The molecule has 0 aromatic heterocycles. The molecule has 0 amide bonds. The van der Waals surface area contributed by atoms with Crippen molar-refractivity contribution in [2.45, 2.75) is 18.9 Å². The molecule has 0 saturated carbocycles. The SMILES string of the molecule is N#Cc1ccc(NC2CCCS(=O)(=O)C2)c(N)c1. The Morgan fingerprint density at radius 3 is 2.83 bits per heavy atom. The van der Waals surface area contributed by atoms with E-state index in [-0.39, 0.29) is 17.5 Å². The van der Waals surface area contributed by atoms with Gasteiger partial charge in [-0.05, 0) is 31.0 Å². The van der Waals surface area contributed by atoms with Crippen molar-refractivity contribution in [1.29, 1.82) is 5.26 Å². The van der Waals surface area contributed by atoms with Crippen LogP contribution in [0.2, 0.25) is 0 Å². The predicted molar refractivity (Wildman–Crippen MR) is 70.9 cm³/mol. The van der Waals surface area contributed by atoms with Crippen molar-refractivity contribution in [3.63, 3.8) is 0 Å². The normalized spacial score (nSPS) is 22.1. The molecule has 6 heteroatoms. The number of sulfone groups is 1. The Morgan fingerprint density at radius 2 is 2.22 bits per heavy atom. The predicted octanol–water partition coefficient (Wildman–Crippen LogP) is 1.13. The van der Waals surface area contributed by atoms with E-state index in [0.29, 0.717) is 23.4 Å². The van der Waals surface area contributed by atoms with Gasteiger partial charge in [0.25, 0.3) is 0 Å². The summed E-state index contributed by atoms with van der Waals surface area (Å²) >= 11 is 0. The zero-order chi connectivity index (χ0) is 13.2. The van der Waals surface area contributed by atoms with E-state index in [4.69, 9.17) is 11.0 Å². The highest BCUT2D eigenvalue weighted by atomic mass is 32.2. The van der Waals surface area contributed by atoms with Crippen LogP contribution in [0.15, 0.2) is 18.2 Å². The monoisotopic (exact) mass is 265 g/mol. The third-order valence-corrected chi connectivity index (χ3v) is 4.82. The molecule has 1 saturated heterocycles. The zero-order valence-electron chi connectivity index (χ0n) is 9.89. The van der Waals surface area contributed by atoms with Crippen LogP contribution in [-0.4, -0.2) is 26.0 Å². The fraction of sp³-hybridized carbons (Fsp3) is 0.417. The maximum Gasteiger partial charge on any atom is 0.152 e. The van der Waals surface area contributed by atoms with Gasteiger partial charge in [-0.15, -0.1) is 0 Å². The van der Waals surface area contributed by atoms with Crippen molar-refractivity contribution in [3.8, 4) is 6.07 Å². The number of nitrogens with two attached hydrogens (primary N) is 1. The first kappa shape index (κ1) is 12.7. The maximum absolute atomic E-state index is 11.5. The summed E-state index contributed by atoms with van der Waals surface area (Å²) in [6, 6.07) is 6.87. The minimum absolute atomic E-state index is 0.0982. The number of nitriles is 1. The minimum atomic E-state index is -2.93. The number of nitrogens with zero attached hydrogens (tertiary/aromatic N) is 1. The number of anilines is 2. The molecular weight excluding hydrogens is 250 g/mol. The molecule has 1 aromatic rings. The Balaban J connectivity index is 2.12. The van der Waals surface area contributed by atoms with Crippen LogP contribution in [0.25, 0.3) is 0 Å². The lowest BCUT2D eigenvalue weighted by Crippen LogP contribution is -2.35. The third-order valence-electron chi connectivity index (χ3n) is 3.00. The van der Waals surface area contributed by atoms with E-state index in [2.05, 4.69) is 5.32 Å². The Morgan fingerprint density at radius 1 is 1.44 bits per heavy atom. The van der Waals surface area contributed by atoms with Crippen LogP contribution in [0.3, 0.4) is 0 Å². The van der Waals surface area contributed by atoms with Gasteiger partial charge in [-0.2, -0.15) is 5.26 Å². The second-order valence-corrected chi connectivity index (χ2v) is 6.74. The summed E-state index contributed by atoms with van der Waals surface area (Å²) in [6.45, 7) is 0. The Hall–Kier alpha value is -1.74. The molecule has 5 nitrogen and oxygen atoms in total. The zero-order valence-corrected chi connectivity index (χ0v) is 10.7. The molecule has 0 radical (unpaired) electrons. The summed E-state index contributed by atoms with van der Waals surface area (Å²) < 4.78 is 23.0. The molecule has 1 aliphatic rings. The van der Waals surface area contributed by atoms with Gasteiger partial charge in [-0.3, -0.25) is 0 Å². The highest BCUT2D eigenvalue weighted by molar-refractivity contribution is 7.91. The molecule has 0 spiro atoms. The maximum atomic E-state index is 11.5. The lowest BCUT2D eigenvalue weighted by molar-refractivity contribution is 0.562. The average molecular weight is 265 g/mol. The van der Waals surface area contributed by atoms with E-state index in [1.807, 2.05) is 6.07 Å². The second-order valence-electron chi connectivity index (χ2n) is 4.51. The first-order valence-electron chi connectivity index (χ1n) is 5.77. The minimum Gasteiger partial charge on any atom is -0.397 e. The third kappa shape index (κ3) is 2.93. The van der Waals surface area contributed by atoms with E-state index >= 15 is 0 Å². The van der Waals surface area contributed by atoms with Crippen molar-refractivity contribution in [3.05, 3.63) is 23.8 Å². The number of hydrogen-bond acceptors (Lipinski definition) is 5. The van der Waals surface area contributed by atoms with Gasteiger partial charge in [-0.1, -0.05) is 0 Å². The number of hydrogen-bond donors (Lipinski definition) is 2. The van der Waals surface area contributed by atoms with Gasteiger partial charge in [0.2, 0.25) is 0 Å². The molecule has 1 fully saturated rings. The van der Waals surface area contributed by atoms with E-state index in [0.717, 1.165) is 6.42 Å². The van der Waals surface area contributed by atoms with Crippen LogP contribution in [0.5, 0.6) is 0 Å². The average Bonchev–Trinajstić information content (AvgIpc) is 2.30. The largest absolute Gasteiger partial charge is 0.397 e. The number of nitrogens with one attached hydrogen (secondary N) is 1. The van der Waals surface area contributed by atoms with Gasteiger partial charge in [-0.25, -0.2) is 8.42 Å². The summed E-state index contributed by atoms with van der Waals surface area (Å²) in [5.74, 6) is 0.417. The fourth-order valence-corrected chi connectivity index (χ4v) is 3.76. The Bertz CT molecular complexity index is 590. The molecule has 2 rings (SSSR count). The van der Waals surface area contributed by atoms with Crippen molar-refractivity contribution < 1.29 is 8.42 Å². The van der Waals surface area contributed by atoms with Gasteiger partial charge in [0.05, 0.1) is 34.5 Å². The fourth-order valence-electron chi connectivity index (χ4n) is 2.12.